The predicted octanol–water partition coefficient (Wildman–Crippen LogP) is 4.07. The smallest absolute Gasteiger partial charge is 0.246 e. The Labute approximate surface area is 242 Å². The third-order valence-corrected chi connectivity index (χ3v) is 9.68. The van der Waals surface area contributed by atoms with E-state index in [1.807, 2.05) is 42.7 Å². The van der Waals surface area contributed by atoms with Crippen molar-refractivity contribution in [2.45, 2.75) is 87.5 Å². The number of likely N-dealkylation sites (tertiary alicyclic amines) is 1. The van der Waals surface area contributed by atoms with E-state index < -0.39 is 29.6 Å². The minimum atomic E-state index is -1.12. The first-order valence-corrected chi connectivity index (χ1v) is 16.3. The number of amides is 3. The first kappa shape index (κ1) is 29.1. The molecule has 2 saturated heterocycles. The van der Waals surface area contributed by atoms with E-state index in [1.165, 1.54) is 6.42 Å². The second-order valence-corrected chi connectivity index (χ2v) is 12.5. The number of nitrogens with zero attached hydrogens (tertiary/aromatic N) is 2. The number of benzene rings is 1. The zero-order valence-corrected chi connectivity index (χ0v) is 24.9. The average Bonchev–Trinajstić information content (AvgIpc) is 3.60. The molecular weight excluding hydrogens is 524 g/mol. The maximum Gasteiger partial charge on any atom is 0.246 e. The Bertz CT molecular complexity index is 1120. The monoisotopic (exact) mass is 568 g/mol. The second-order valence-electron chi connectivity index (χ2n) is 11.6. The zero-order chi connectivity index (χ0) is 28.3. The van der Waals surface area contributed by atoms with E-state index >= 15 is 0 Å². The van der Waals surface area contributed by atoms with Gasteiger partial charge in [-0.15, -0.1) is 11.8 Å². The highest BCUT2D eigenvalue weighted by atomic mass is 32.2. The molecule has 1 saturated carbocycles. The Morgan fingerprint density at radius 1 is 1.10 bits per heavy atom. The molecule has 5 unspecified atom stereocenters. The number of carbonyl (C=O) groups excluding carboxylic acids is 3. The summed E-state index contributed by atoms with van der Waals surface area (Å²) in [5.74, 6) is -1.95. The fraction of sp³-hybridized carbons (Fsp3) is 0.645. The minimum Gasteiger partial charge on any atom is -0.359 e. The third-order valence-electron chi connectivity index (χ3n) is 8.95. The maximum atomic E-state index is 14.2. The Hall–Kier alpha value is -2.36. The summed E-state index contributed by atoms with van der Waals surface area (Å²) in [4.78, 5) is 47.0. The van der Waals surface area contributed by atoms with Crippen molar-refractivity contribution in [3.8, 4) is 0 Å². The van der Waals surface area contributed by atoms with Crippen molar-refractivity contribution in [1.82, 2.24) is 15.1 Å². The zero-order valence-electron chi connectivity index (χ0n) is 24.1. The van der Waals surface area contributed by atoms with Gasteiger partial charge in [0.2, 0.25) is 17.7 Å². The van der Waals surface area contributed by atoms with Crippen LogP contribution in [0.3, 0.4) is 0 Å². The molecule has 1 aromatic rings. The Morgan fingerprint density at radius 3 is 2.55 bits per heavy atom. The van der Waals surface area contributed by atoms with Crippen LogP contribution in [0.25, 0.3) is 0 Å². The van der Waals surface area contributed by atoms with Gasteiger partial charge in [0.1, 0.15) is 11.6 Å². The first-order valence-electron chi connectivity index (χ1n) is 15.1. The summed E-state index contributed by atoms with van der Waals surface area (Å²) in [7, 11) is 0. The molecule has 4 aliphatic rings. The maximum absolute atomic E-state index is 14.2. The van der Waals surface area contributed by atoms with E-state index in [1.54, 1.807) is 16.7 Å². The molecule has 9 heteroatoms. The molecule has 218 valence electrons. The quantitative estimate of drug-likeness (QED) is 0.292. The van der Waals surface area contributed by atoms with Crippen LogP contribution in [0, 0.1) is 11.8 Å². The second kappa shape index (κ2) is 12.7. The van der Waals surface area contributed by atoms with Gasteiger partial charge in [0, 0.05) is 29.7 Å². The number of nitrogens with one attached hydrogen (secondary N) is 2. The van der Waals surface area contributed by atoms with Crippen LogP contribution in [0.5, 0.6) is 0 Å². The van der Waals surface area contributed by atoms with Crippen molar-refractivity contribution in [1.29, 1.82) is 0 Å². The van der Waals surface area contributed by atoms with Gasteiger partial charge in [-0.1, -0.05) is 51.3 Å². The molecule has 3 aliphatic heterocycles. The number of hydrogen-bond donors (Lipinski definition) is 2. The van der Waals surface area contributed by atoms with Crippen molar-refractivity contribution in [3.63, 3.8) is 0 Å². The number of fused-ring (bicyclic) bond motifs is 1. The summed E-state index contributed by atoms with van der Waals surface area (Å²) in [5, 5.41) is 6.31. The van der Waals surface area contributed by atoms with Crippen LogP contribution in [-0.2, 0) is 19.1 Å². The molecule has 3 fully saturated rings. The summed E-state index contributed by atoms with van der Waals surface area (Å²) in [6.45, 7) is 7.33. The molecule has 0 aromatic heterocycles. The fourth-order valence-electron chi connectivity index (χ4n) is 7.18. The molecule has 2 bridgehead atoms. The summed E-state index contributed by atoms with van der Waals surface area (Å²) >= 11 is 1.61. The van der Waals surface area contributed by atoms with Crippen LogP contribution in [0.4, 0.5) is 5.69 Å². The van der Waals surface area contributed by atoms with Crippen LogP contribution in [0.2, 0.25) is 0 Å². The molecule has 8 nitrogen and oxygen atoms in total. The van der Waals surface area contributed by atoms with Crippen LogP contribution < -0.4 is 10.6 Å². The van der Waals surface area contributed by atoms with Gasteiger partial charge in [0.15, 0.2) is 0 Å². The largest absolute Gasteiger partial charge is 0.359 e. The Balaban J connectivity index is 1.41. The Morgan fingerprint density at radius 2 is 1.85 bits per heavy atom. The SMILES string of the molecule is CCCN(CCC)CCN1C(=O)C2C(C(=O)Nc3cccc(SC)c3)C3C=CC2(O3)C1C(=O)NC1CCCCC1. The molecule has 5 rings (SSSR count). The number of anilines is 1. The summed E-state index contributed by atoms with van der Waals surface area (Å²) in [5.41, 5.74) is -0.425. The van der Waals surface area contributed by atoms with Crippen LogP contribution in [0.15, 0.2) is 41.3 Å². The van der Waals surface area contributed by atoms with Gasteiger partial charge < -0.3 is 25.2 Å². The number of hydrogen-bond acceptors (Lipinski definition) is 6. The van der Waals surface area contributed by atoms with Gasteiger partial charge in [-0.3, -0.25) is 14.4 Å². The van der Waals surface area contributed by atoms with Gasteiger partial charge >= 0.3 is 0 Å². The molecule has 2 N–H and O–H groups in total. The molecule has 3 amide bonds. The highest BCUT2D eigenvalue weighted by molar-refractivity contribution is 7.98. The topological polar surface area (TPSA) is 91.0 Å². The number of thioether (sulfide) groups is 1. The molecule has 0 radical (unpaired) electrons. The fourth-order valence-corrected chi connectivity index (χ4v) is 7.64. The van der Waals surface area contributed by atoms with Crippen LogP contribution in [0.1, 0.15) is 58.8 Å². The highest BCUT2D eigenvalue weighted by Gasteiger charge is 2.72. The highest BCUT2D eigenvalue weighted by Crippen LogP contribution is 2.55. The first-order chi connectivity index (χ1) is 19.4. The molecule has 1 aromatic carbocycles. The van der Waals surface area contributed by atoms with E-state index in [0.29, 0.717) is 18.8 Å². The molecule has 1 spiro atoms. The molecule has 1 aliphatic carbocycles. The number of rotatable bonds is 12. The third kappa shape index (κ3) is 5.57. The lowest BCUT2D eigenvalue weighted by Gasteiger charge is -2.35. The average molecular weight is 569 g/mol. The number of carbonyl (C=O) groups is 3. The lowest BCUT2D eigenvalue weighted by molar-refractivity contribution is -0.141. The minimum absolute atomic E-state index is 0.121. The predicted molar refractivity (Wildman–Crippen MR) is 158 cm³/mol. The van der Waals surface area contributed by atoms with Crippen molar-refractivity contribution < 1.29 is 19.1 Å². The lowest BCUT2D eigenvalue weighted by atomic mass is 9.74. The van der Waals surface area contributed by atoms with E-state index in [9.17, 15) is 14.4 Å². The van der Waals surface area contributed by atoms with E-state index in [-0.39, 0.29) is 23.8 Å². The summed E-state index contributed by atoms with van der Waals surface area (Å²) in [6.07, 6.45) is 12.6. The molecule has 40 heavy (non-hydrogen) atoms. The van der Waals surface area contributed by atoms with E-state index in [2.05, 4.69) is 29.4 Å². The van der Waals surface area contributed by atoms with Gasteiger partial charge in [0.05, 0.1) is 17.9 Å². The molecule has 3 heterocycles. The van der Waals surface area contributed by atoms with Crippen LogP contribution >= 0.6 is 11.8 Å². The van der Waals surface area contributed by atoms with Crippen molar-refractivity contribution in [2.75, 3.05) is 37.8 Å². The number of ether oxygens (including phenoxy) is 1. The lowest BCUT2D eigenvalue weighted by Crippen LogP contribution is -2.57. The molecule has 5 atom stereocenters. The van der Waals surface area contributed by atoms with E-state index in [4.69, 9.17) is 4.74 Å². The van der Waals surface area contributed by atoms with Gasteiger partial charge in [-0.25, -0.2) is 0 Å². The Kier molecular flexibility index (Phi) is 9.22. The normalized spacial score (nSPS) is 29.3. The summed E-state index contributed by atoms with van der Waals surface area (Å²) in [6, 6.07) is 7.03. The van der Waals surface area contributed by atoms with Gasteiger partial charge in [0.25, 0.3) is 0 Å². The van der Waals surface area contributed by atoms with Crippen molar-refractivity contribution >= 4 is 35.2 Å². The van der Waals surface area contributed by atoms with Gasteiger partial charge in [-0.05, 0) is 63.2 Å². The van der Waals surface area contributed by atoms with Crippen molar-refractivity contribution in [2.24, 2.45) is 11.8 Å². The van der Waals surface area contributed by atoms with Crippen molar-refractivity contribution in [3.05, 3.63) is 36.4 Å². The van der Waals surface area contributed by atoms with Gasteiger partial charge in [-0.2, -0.15) is 0 Å². The molecular formula is C31H44N4O4S. The van der Waals surface area contributed by atoms with E-state index in [0.717, 1.165) is 56.5 Å². The summed E-state index contributed by atoms with van der Waals surface area (Å²) < 4.78 is 6.51. The van der Waals surface area contributed by atoms with Crippen LogP contribution in [-0.4, -0.2) is 83.7 Å². The standard InChI is InChI=1S/C31H44N4O4S/c1-4-16-34(17-5-2)18-19-35-27(29(37)32-21-10-7-6-8-11-21)31-15-14-24(39-31)25(26(31)30(35)38)28(36)33-22-12-9-13-23(20-22)40-3/h9,12-15,20-21,24-27H,4-8,10-11,16-19H2,1-3H3,(H,32,37)(H,33,36).